The van der Waals surface area contributed by atoms with E-state index in [1.165, 1.54) is 13.8 Å². The van der Waals surface area contributed by atoms with Gasteiger partial charge in [-0.3, -0.25) is 9.35 Å². The Hall–Kier alpha value is -0.920. The van der Waals surface area contributed by atoms with Crippen molar-refractivity contribution in [1.82, 2.24) is 0 Å². The number of nitrogens with two attached hydrogens (primary N) is 1. The van der Waals surface area contributed by atoms with Crippen LogP contribution in [0.3, 0.4) is 0 Å². The van der Waals surface area contributed by atoms with E-state index in [1.807, 2.05) is 0 Å². The van der Waals surface area contributed by atoms with Gasteiger partial charge in [-0.1, -0.05) is 6.92 Å². The molecule has 0 spiro atoms. The number of carbonyl (C=O) groups is 1. The smallest absolute Gasteiger partial charge is 0.298 e. The number of hydrogen-bond donors (Lipinski definition) is 3. The average molecular weight is 223 g/mol. The SMILES string of the molecule is CCC(O)(C=C(C)C(N)=O)S(=O)(=O)O. The summed E-state index contributed by atoms with van der Waals surface area (Å²) >= 11 is 0. The van der Waals surface area contributed by atoms with Crippen LogP contribution in [0.25, 0.3) is 0 Å². The highest BCUT2D eigenvalue weighted by atomic mass is 32.2. The molecule has 0 radical (unpaired) electrons. The molecule has 0 aromatic heterocycles. The topological polar surface area (TPSA) is 118 Å². The van der Waals surface area contributed by atoms with Crippen molar-refractivity contribution >= 4 is 16.0 Å². The van der Waals surface area contributed by atoms with Gasteiger partial charge in [-0.25, -0.2) is 0 Å². The first-order valence-corrected chi connectivity index (χ1v) is 5.26. The first kappa shape index (κ1) is 13.1. The highest BCUT2D eigenvalue weighted by molar-refractivity contribution is 7.87. The van der Waals surface area contributed by atoms with Crippen molar-refractivity contribution in [2.45, 2.75) is 25.2 Å². The van der Waals surface area contributed by atoms with Crippen molar-refractivity contribution in [3.8, 4) is 0 Å². The lowest BCUT2D eigenvalue weighted by Gasteiger charge is -2.19. The molecular weight excluding hydrogens is 210 g/mol. The molecule has 0 rings (SSSR count). The predicted octanol–water partition coefficient (Wildman–Crippen LogP) is -0.596. The highest BCUT2D eigenvalue weighted by Crippen LogP contribution is 2.20. The quantitative estimate of drug-likeness (QED) is 0.434. The van der Waals surface area contributed by atoms with Crippen LogP contribution in [0.1, 0.15) is 20.3 Å². The van der Waals surface area contributed by atoms with Crippen molar-refractivity contribution in [3.63, 3.8) is 0 Å². The van der Waals surface area contributed by atoms with Gasteiger partial charge in [0, 0.05) is 5.57 Å². The monoisotopic (exact) mass is 223 g/mol. The Morgan fingerprint density at radius 2 is 2.00 bits per heavy atom. The van der Waals surface area contributed by atoms with Crippen molar-refractivity contribution in [1.29, 1.82) is 0 Å². The summed E-state index contributed by atoms with van der Waals surface area (Å²) in [7, 11) is -4.67. The largest absolute Gasteiger partial charge is 0.369 e. The maximum absolute atomic E-state index is 10.8. The summed E-state index contributed by atoms with van der Waals surface area (Å²) in [5, 5.41) is 9.45. The Labute approximate surface area is 82.2 Å². The highest BCUT2D eigenvalue weighted by Gasteiger charge is 2.37. The number of aliphatic hydroxyl groups is 1. The summed E-state index contributed by atoms with van der Waals surface area (Å²) in [6.45, 7) is 2.59. The molecule has 0 aliphatic carbocycles. The van der Waals surface area contributed by atoms with Gasteiger partial charge in [0.05, 0.1) is 0 Å². The molecule has 1 amide bonds. The fourth-order valence-corrected chi connectivity index (χ4v) is 1.46. The van der Waals surface area contributed by atoms with E-state index in [2.05, 4.69) is 0 Å². The maximum Gasteiger partial charge on any atom is 0.298 e. The lowest BCUT2D eigenvalue weighted by atomic mass is 10.1. The lowest BCUT2D eigenvalue weighted by Crippen LogP contribution is -2.36. The molecule has 0 heterocycles. The number of primary amides is 1. The zero-order valence-corrected chi connectivity index (χ0v) is 8.71. The van der Waals surface area contributed by atoms with E-state index in [9.17, 15) is 18.3 Å². The Morgan fingerprint density at radius 3 is 2.21 bits per heavy atom. The van der Waals surface area contributed by atoms with Crippen LogP contribution in [0, 0.1) is 0 Å². The van der Waals surface area contributed by atoms with Crippen molar-refractivity contribution in [3.05, 3.63) is 11.6 Å². The zero-order valence-electron chi connectivity index (χ0n) is 7.89. The van der Waals surface area contributed by atoms with Gasteiger partial charge < -0.3 is 10.8 Å². The van der Waals surface area contributed by atoms with Crippen molar-refractivity contribution < 1.29 is 22.9 Å². The molecule has 0 aliphatic heterocycles. The van der Waals surface area contributed by atoms with Gasteiger partial charge >= 0.3 is 0 Å². The molecule has 14 heavy (non-hydrogen) atoms. The summed E-state index contributed by atoms with van der Waals surface area (Å²) in [4.78, 5) is 8.13. The molecule has 0 aromatic carbocycles. The fourth-order valence-electron chi connectivity index (χ4n) is 0.768. The molecule has 1 atom stereocenters. The molecular formula is C7H13NO5S. The number of hydrogen-bond acceptors (Lipinski definition) is 4. The van der Waals surface area contributed by atoms with E-state index in [-0.39, 0.29) is 12.0 Å². The molecule has 0 aromatic rings. The second-order valence-electron chi connectivity index (χ2n) is 2.87. The van der Waals surface area contributed by atoms with Crippen LogP contribution in [-0.4, -0.2) is 28.9 Å². The molecule has 0 aliphatic rings. The Morgan fingerprint density at radius 1 is 1.57 bits per heavy atom. The molecule has 82 valence electrons. The Balaban J connectivity index is 5.32. The van der Waals surface area contributed by atoms with Crippen LogP contribution in [0.5, 0.6) is 0 Å². The first-order valence-electron chi connectivity index (χ1n) is 3.82. The van der Waals surface area contributed by atoms with Crippen molar-refractivity contribution in [2.75, 3.05) is 0 Å². The predicted molar refractivity (Wildman–Crippen MR) is 49.7 cm³/mol. The standard InChI is InChI=1S/C7H13NO5S/c1-3-7(10,14(11,12)13)4-5(2)6(8)9/h4,10H,3H2,1-2H3,(H2,8,9)(H,11,12,13). The van der Waals surface area contributed by atoms with E-state index >= 15 is 0 Å². The second-order valence-corrected chi connectivity index (χ2v) is 4.52. The van der Waals surface area contributed by atoms with Gasteiger partial charge in [0.15, 0.2) is 0 Å². The molecule has 7 heteroatoms. The normalized spacial score (nSPS) is 17.6. The molecule has 0 saturated carbocycles. The number of amides is 1. The summed E-state index contributed by atoms with van der Waals surface area (Å²) in [6, 6.07) is 0. The molecule has 0 bridgehead atoms. The molecule has 1 unspecified atom stereocenters. The summed E-state index contributed by atoms with van der Waals surface area (Å²) in [5.41, 5.74) is 4.71. The Kier molecular flexibility index (Phi) is 3.81. The maximum atomic E-state index is 10.8. The van der Waals surface area contributed by atoms with E-state index in [0.29, 0.717) is 0 Å². The summed E-state index contributed by atoms with van der Waals surface area (Å²) < 4.78 is 30.2. The molecule has 0 saturated heterocycles. The molecule has 4 N–H and O–H groups in total. The van der Waals surface area contributed by atoms with Crippen LogP contribution < -0.4 is 5.73 Å². The van der Waals surface area contributed by atoms with Crippen LogP contribution in [0.4, 0.5) is 0 Å². The zero-order chi connectivity index (χ0) is 11.6. The van der Waals surface area contributed by atoms with Crippen LogP contribution in [-0.2, 0) is 14.9 Å². The molecule has 6 nitrogen and oxygen atoms in total. The van der Waals surface area contributed by atoms with Crippen LogP contribution in [0.15, 0.2) is 11.6 Å². The third-order valence-electron chi connectivity index (χ3n) is 1.78. The minimum atomic E-state index is -4.67. The van der Waals surface area contributed by atoms with E-state index in [1.54, 1.807) is 0 Å². The minimum absolute atomic E-state index is 0.132. The summed E-state index contributed by atoms with van der Waals surface area (Å²) in [6.07, 6.45) is 0.446. The van der Waals surface area contributed by atoms with Crippen molar-refractivity contribution in [2.24, 2.45) is 5.73 Å². The number of carbonyl (C=O) groups excluding carboxylic acids is 1. The molecule has 0 fully saturated rings. The average Bonchev–Trinajstić information content (AvgIpc) is 2.01. The van der Waals surface area contributed by atoms with Gasteiger partial charge in [-0.2, -0.15) is 8.42 Å². The van der Waals surface area contributed by atoms with Gasteiger partial charge in [0.1, 0.15) is 0 Å². The van der Waals surface area contributed by atoms with Gasteiger partial charge in [-0.15, -0.1) is 0 Å². The van der Waals surface area contributed by atoms with E-state index in [4.69, 9.17) is 10.3 Å². The first-order chi connectivity index (χ1) is 6.14. The van der Waals surface area contributed by atoms with Gasteiger partial charge in [0.2, 0.25) is 10.8 Å². The summed E-state index contributed by atoms with van der Waals surface area (Å²) in [5.74, 6) is -0.861. The van der Waals surface area contributed by atoms with E-state index < -0.39 is 21.0 Å². The minimum Gasteiger partial charge on any atom is -0.369 e. The fraction of sp³-hybridized carbons (Fsp3) is 0.571. The van der Waals surface area contributed by atoms with Gasteiger partial charge in [0.25, 0.3) is 10.1 Å². The second kappa shape index (κ2) is 4.07. The third kappa shape index (κ3) is 2.79. The third-order valence-corrected chi connectivity index (χ3v) is 3.08. The van der Waals surface area contributed by atoms with Crippen LogP contribution in [0.2, 0.25) is 0 Å². The van der Waals surface area contributed by atoms with Gasteiger partial charge in [-0.05, 0) is 19.4 Å². The lowest BCUT2D eigenvalue weighted by molar-refractivity contribution is -0.114. The number of rotatable bonds is 4. The Bertz CT molecular complexity index is 358. The van der Waals surface area contributed by atoms with Crippen LogP contribution >= 0.6 is 0 Å². The van der Waals surface area contributed by atoms with E-state index in [0.717, 1.165) is 6.08 Å².